The first-order valence-electron chi connectivity index (χ1n) is 10.3. The van der Waals surface area contributed by atoms with Gasteiger partial charge >= 0.3 is 6.03 Å². The van der Waals surface area contributed by atoms with E-state index >= 15 is 0 Å². The molecule has 0 radical (unpaired) electrons. The van der Waals surface area contributed by atoms with E-state index in [1.165, 1.54) is 7.05 Å². The van der Waals surface area contributed by atoms with Crippen molar-refractivity contribution in [2.24, 2.45) is 5.41 Å². The van der Waals surface area contributed by atoms with E-state index in [0.717, 1.165) is 27.6 Å². The summed E-state index contributed by atoms with van der Waals surface area (Å²) in [5.74, 6) is -0.229. The predicted octanol–water partition coefficient (Wildman–Crippen LogP) is 1.64. The third-order valence-corrected chi connectivity index (χ3v) is 6.76. The highest BCUT2D eigenvalue weighted by Gasteiger charge is 2.62. The Hall–Kier alpha value is -3.55. The molecule has 3 aliphatic rings. The lowest BCUT2D eigenvalue weighted by Crippen LogP contribution is -2.74. The molecule has 2 aromatic rings. The molecule has 0 aliphatic carbocycles. The molecule has 31 heavy (non-hydrogen) atoms. The van der Waals surface area contributed by atoms with Crippen molar-refractivity contribution in [3.05, 3.63) is 54.1 Å². The second kappa shape index (κ2) is 7.01. The topological polar surface area (TPSA) is 82.2 Å². The van der Waals surface area contributed by atoms with Crippen molar-refractivity contribution in [1.82, 2.24) is 10.2 Å². The first kappa shape index (κ1) is 19.4. The fourth-order valence-corrected chi connectivity index (χ4v) is 5.19. The first-order chi connectivity index (χ1) is 15.0. The van der Waals surface area contributed by atoms with Crippen LogP contribution in [0.5, 0.6) is 5.75 Å². The number of methoxy groups -OCH3 is 1. The number of ether oxygens (including phenoxy) is 1. The van der Waals surface area contributed by atoms with Gasteiger partial charge in [-0.3, -0.25) is 19.8 Å². The first-order valence-corrected chi connectivity index (χ1v) is 10.3. The Morgan fingerprint density at radius 1 is 1.00 bits per heavy atom. The summed E-state index contributed by atoms with van der Waals surface area (Å²) in [5, 5.41) is 2.42. The van der Waals surface area contributed by atoms with E-state index < -0.39 is 29.3 Å². The van der Waals surface area contributed by atoms with Gasteiger partial charge in [0.1, 0.15) is 5.75 Å². The molecule has 5 rings (SSSR count). The standard InChI is InChI=1S/C23H24N4O4/c1-25-21(29)23(20(28)24-22(25)30)13-15-7-3-4-8-16(15)27-12-11-26(14-19(23)27)17-9-5-6-10-18(17)31-2/h3-10,19H,11-14H2,1-2H3,(H,24,28,30)/t19-,23-/m1/s1. The third-order valence-electron chi connectivity index (χ3n) is 6.76. The lowest BCUT2D eigenvalue weighted by molar-refractivity contribution is -0.152. The van der Waals surface area contributed by atoms with Gasteiger partial charge < -0.3 is 14.5 Å². The highest BCUT2D eigenvalue weighted by atomic mass is 16.5. The Kier molecular flexibility index (Phi) is 4.39. The molecule has 8 nitrogen and oxygen atoms in total. The molecular weight excluding hydrogens is 396 g/mol. The molecule has 8 heteroatoms. The van der Waals surface area contributed by atoms with E-state index in [1.807, 2.05) is 48.5 Å². The lowest BCUT2D eigenvalue weighted by atomic mass is 9.67. The van der Waals surface area contributed by atoms with Gasteiger partial charge in [0.05, 0.1) is 18.8 Å². The van der Waals surface area contributed by atoms with Gasteiger partial charge in [0.15, 0.2) is 5.41 Å². The van der Waals surface area contributed by atoms with Gasteiger partial charge in [0.25, 0.3) is 0 Å². The van der Waals surface area contributed by atoms with Crippen LogP contribution >= 0.6 is 0 Å². The molecule has 1 N–H and O–H groups in total. The summed E-state index contributed by atoms with van der Waals surface area (Å²) < 4.78 is 5.55. The van der Waals surface area contributed by atoms with Gasteiger partial charge in [-0.2, -0.15) is 0 Å². The summed E-state index contributed by atoms with van der Waals surface area (Å²) in [4.78, 5) is 44.4. The summed E-state index contributed by atoms with van der Waals surface area (Å²) in [6, 6.07) is 14.5. The number of amides is 4. The van der Waals surface area contributed by atoms with Gasteiger partial charge in [0.2, 0.25) is 11.8 Å². The van der Waals surface area contributed by atoms with Crippen LogP contribution in [0, 0.1) is 5.41 Å². The number of para-hydroxylation sites is 3. The molecule has 1 spiro atoms. The van der Waals surface area contributed by atoms with Gasteiger partial charge in [-0.25, -0.2) is 4.79 Å². The van der Waals surface area contributed by atoms with Crippen molar-refractivity contribution in [2.45, 2.75) is 12.5 Å². The van der Waals surface area contributed by atoms with Crippen molar-refractivity contribution < 1.29 is 19.1 Å². The fourth-order valence-electron chi connectivity index (χ4n) is 5.19. The number of piperazine rings is 1. The number of rotatable bonds is 2. The van der Waals surface area contributed by atoms with E-state index in [0.29, 0.717) is 19.6 Å². The van der Waals surface area contributed by atoms with Gasteiger partial charge in [-0.05, 0) is 30.2 Å². The maximum atomic E-state index is 13.5. The molecule has 4 amide bonds. The van der Waals surface area contributed by atoms with E-state index in [9.17, 15) is 14.4 Å². The third kappa shape index (κ3) is 2.71. The molecule has 2 saturated heterocycles. The zero-order valence-corrected chi connectivity index (χ0v) is 17.5. The van der Waals surface area contributed by atoms with Crippen LogP contribution in [0.15, 0.2) is 48.5 Å². The molecule has 0 aromatic heterocycles. The largest absolute Gasteiger partial charge is 0.495 e. The molecule has 3 aliphatic heterocycles. The second-order valence-electron chi connectivity index (χ2n) is 8.23. The molecule has 0 unspecified atom stereocenters. The monoisotopic (exact) mass is 420 g/mol. The van der Waals surface area contributed by atoms with E-state index in [-0.39, 0.29) is 6.42 Å². The molecule has 3 heterocycles. The molecule has 2 fully saturated rings. The van der Waals surface area contributed by atoms with E-state index in [4.69, 9.17) is 4.74 Å². The number of carbonyl (C=O) groups excluding carboxylic acids is 3. The maximum absolute atomic E-state index is 13.5. The zero-order chi connectivity index (χ0) is 21.8. The van der Waals surface area contributed by atoms with Crippen LogP contribution in [0.3, 0.4) is 0 Å². The summed E-state index contributed by atoms with van der Waals surface area (Å²) >= 11 is 0. The molecule has 2 aromatic carbocycles. The van der Waals surface area contributed by atoms with E-state index in [1.54, 1.807) is 7.11 Å². The van der Waals surface area contributed by atoms with Crippen molar-refractivity contribution in [2.75, 3.05) is 43.6 Å². The quantitative estimate of drug-likeness (QED) is 0.744. The number of nitrogens with one attached hydrogen (secondary N) is 1. The number of carbonyl (C=O) groups is 3. The number of barbiturate groups is 1. The van der Waals surface area contributed by atoms with Crippen molar-refractivity contribution >= 4 is 29.2 Å². The van der Waals surface area contributed by atoms with Crippen LogP contribution in [0.2, 0.25) is 0 Å². The second-order valence-corrected chi connectivity index (χ2v) is 8.23. The smallest absolute Gasteiger partial charge is 0.330 e. The summed E-state index contributed by atoms with van der Waals surface area (Å²) in [5.41, 5.74) is 1.53. The number of urea groups is 1. The maximum Gasteiger partial charge on any atom is 0.330 e. The van der Waals surface area contributed by atoms with Crippen molar-refractivity contribution in [3.8, 4) is 5.75 Å². The van der Waals surface area contributed by atoms with Crippen LogP contribution in [0.4, 0.5) is 16.2 Å². The number of imide groups is 2. The Labute approximate surface area is 180 Å². The minimum atomic E-state index is -1.38. The van der Waals surface area contributed by atoms with E-state index in [2.05, 4.69) is 15.1 Å². The normalized spacial score (nSPS) is 25.3. The molecule has 160 valence electrons. The van der Waals surface area contributed by atoms with Crippen molar-refractivity contribution in [3.63, 3.8) is 0 Å². The highest BCUT2D eigenvalue weighted by Crippen LogP contribution is 2.46. The fraction of sp³-hybridized carbons (Fsp3) is 0.348. The Morgan fingerprint density at radius 2 is 1.71 bits per heavy atom. The highest BCUT2D eigenvalue weighted by molar-refractivity contribution is 6.20. The average molecular weight is 420 g/mol. The van der Waals surface area contributed by atoms with Crippen LogP contribution in [0.1, 0.15) is 5.56 Å². The van der Waals surface area contributed by atoms with Gasteiger partial charge in [0, 0.05) is 32.4 Å². The Bertz CT molecular complexity index is 1090. The summed E-state index contributed by atoms with van der Waals surface area (Å²) in [6.45, 7) is 1.81. The number of hydrogen-bond donors (Lipinski definition) is 1. The molecule has 2 atom stereocenters. The Balaban J connectivity index is 1.63. The van der Waals surface area contributed by atoms with Crippen LogP contribution < -0.4 is 19.9 Å². The molecular formula is C23H24N4O4. The minimum Gasteiger partial charge on any atom is -0.495 e. The summed E-state index contributed by atoms with van der Waals surface area (Å²) in [6.07, 6.45) is 0.256. The molecule has 0 bridgehead atoms. The number of nitrogens with zero attached hydrogens (tertiary/aromatic N) is 3. The Morgan fingerprint density at radius 3 is 2.48 bits per heavy atom. The lowest BCUT2D eigenvalue weighted by Gasteiger charge is -2.55. The average Bonchev–Trinajstić information content (AvgIpc) is 2.81. The zero-order valence-electron chi connectivity index (χ0n) is 17.5. The minimum absolute atomic E-state index is 0.256. The summed E-state index contributed by atoms with van der Waals surface area (Å²) in [7, 11) is 3.06. The molecule has 0 saturated carbocycles. The number of fused-ring (bicyclic) bond motifs is 4. The predicted molar refractivity (Wildman–Crippen MR) is 115 cm³/mol. The van der Waals surface area contributed by atoms with Crippen LogP contribution in [-0.4, -0.2) is 62.6 Å². The number of benzene rings is 2. The van der Waals surface area contributed by atoms with Crippen LogP contribution in [-0.2, 0) is 16.0 Å². The van der Waals surface area contributed by atoms with Crippen LogP contribution in [0.25, 0.3) is 0 Å². The SMILES string of the molecule is COc1ccccc1N1CCN2c3ccccc3C[C@]3(C(=O)NC(=O)N(C)C3=O)[C@H]2C1. The van der Waals surface area contributed by atoms with Crippen molar-refractivity contribution in [1.29, 1.82) is 0 Å². The number of hydrogen-bond acceptors (Lipinski definition) is 6. The number of anilines is 2. The van der Waals surface area contributed by atoms with Gasteiger partial charge in [-0.15, -0.1) is 0 Å². The van der Waals surface area contributed by atoms with Gasteiger partial charge in [-0.1, -0.05) is 30.3 Å².